The minimum absolute atomic E-state index is 0.559. The number of oxazole rings is 1. The molecule has 166 valence electrons. The summed E-state index contributed by atoms with van der Waals surface area (Å²) in [5.41, 5.74) is 7.44. The fourth-order valence-corrected chi connectivity index (χ4v) is 3.89. The third-order valence-corrected chi connectivity index (χ3v) is 5.62. The van der Waals surface area contributed by atoms with Crippen molar-refractivity contribution in [1.29, 1.82) is 0 Å². The smallest absolute Gasteiger partial charge is 0.227 e. The maximum Gasteiger partial charge on any atom is 0.227 e. The molecule has 0 saturated carbocycles. The van der Waals surface area contributed by atoms with Crippen molar-refractivity contribution in [2.24, 2.45) is 0 Å². The van der Waals surface area contributed by atoms with Crippen molar-refractivity contribution in [2.45, 2.75) is 0 Å². The lowest BCUT2D eigenvalue weighted by atomic mass is 10.1. The lowest BCUT2D eigenvalue weighted by Crippen LogP contribution is -1.92. The fourth-order valence-electron chi connectivity index (χ4n) is 3.89. The highest BCUT2D eigenvalue weighted by atomic mass is 16.3. The molecule has 0 unspecified atom stereocenters. The van der Waals surface area contributed by atoms with Crippen LogP contribution < -0.4 is 10.6 Å². The van der Waals surface area contributed by atoms with Crippen LogP contribution in [0.1, 0.15) is 0 Å². The van der Waals surface area contributed by atoms with Gasteiger partial charge in [-0.05, 0) is 72.8 Å². The molecule has 0 aliphatic heterocycles. The molecule has 3 heterocycles. The van der Waals surface area contributed by atoms with Gasteiger partial charge in [-0.25, -0.2) is 9.83 Å². The molecule has 0 saturated heterocycles. The van der Waals surface area contributed by atoms with E-state index in [1.54, 1.807) is 24.7 Å². The highest BCUT2D eigenvalue weighted by Gasteiger charge is 2.10. The minimum Gasteiger partial charge on any atom is -0.436 e. The molecule has 35 heavy (non-hydrogen) atoms. The molecule has 0 radical (unpaired) electrons. The van der Waals surface area contributed by atoms with Crippen LogP contribution in [0.15, 0.2) is 102 Å². The summed E-state index contributed by atoms with van der Waals surface area (Å²) >= 11 is 0. The molecule has 0 bridgehead atoms. The topological polar surface area (TPSA) is 80.2 Å². The Kier molecular flexibility index (Phi) is 5.02. The van der Waals surface area contributed by atoms with Gasteiger partial charge in [-0.15, -0.1) is 0 Å². The molecule has 7 heteroatoms. The molecule has 0 amide bonds. The van der Waals surface area contributed by atoms with Crippen LogP contribution in [0.2, 0.25) is 0 Å². The Balaban J connectivity index is 1.26. The second-order valence-electron chi connectivity index (χ2n) is 7.94. The van der Waals surface area contributed by atoms with Crippen molar-refractivity contribution in [3.8, 4) is 11.5 Å². The predicted octanol–water partition coefficient (Wildman–Crippen LogP) is 7.48. The van der Waals surface area contributed by atoms with Gasteiger partial charge in [0.15, 0.2) is 11.3 Å². The van der Waals surface area contributed by atoms with E-state index >= 15 is 0 Å². The summed E-state index contributed by atoms with van der Waals surface area (Å²) in [6, 6.07) is 24.9. The zero-order valence-electron chi connectivity index (χ0n) is 18.4. The number of pyridine rings is 2. The van der Waals surface area contributed by atoms with Crippen LogP contribution in [0, 0.1) is 6.57 Å². The third kappa shape index (κ3) is 4.12. The van der Waals surface area contributed by atoms with Gasteiger partial charge in [-0.2, -0.15) is 0 Å². The monoisotopic (exact) mass is 454 g/mol. The number of rotatable bonds is 5. The van der Waals surface area contributed by atoms with Gasteiger partial charge < -0.3 is 15.1 Å². The number of anilines is 4. The molecule has 6 aromatic rings. The van der Waals surface area contributed by atoms with Crippen molar-refractivity contribution >= 4 is 50.4 Å². The molecule has 0 aliphatic rings. The summed E-state index contributed by atoms with van der Waals surface area (Å²) in [5, 5.41) is 7.66. The number of hydrogen-bond donors (Lipinski definition) is 2. The van der Waals surface area contributed by atoms with Gasteiger partial charge in [-0.3, -0.25) is 9.97 Å². The van der Waals surface area contributed by atoms with Crippen molar-refractivity contribution < 1.29 is 4.42 Å². The number of aromatic nitrogens is 3. The van der Waals surface area contributed by atoms with Crippen LogP contribution in [-0.2, 0) is 0 Å². The van der Waals surface area contributed by atoms with Gasteiger partial charge in [0, 0.05) is 52.3 Å². The van der Waals surface area contributed by atoms with E-state index in [9.17, 15) is 0 Å². The number of benzene rings is 3. The van der Waals surface area contributed by atoms with E-state index in [4.69, 9.17) is 16.0 Å². The molecule has 0 spiro atoms. The number of nitrogens with one attached hydrogen (secondary N) is 2. The largest absolute Gasteiger partial charge is 0.436 e. The first-order valence-corrected chi connectivity index (χ1v) is 11.0. The lowest BCUT2D eigenvalue weighted by Gasteiger charge is -2.09. The third-order valence-electron chi connectivity index (χ3n) is 5.62. The highest BCUT2D eigenvalue weighted by Crippen LogP contribution is 2.31. The van der Waals surface area contributed by atoms with Crippen LogP contribution in [0.25, 0.3) is 38.3 Å². The Labute approximate surface area is 200 Å². The van der Waals surface area contributed by atoms with Crippen molar-refractivity contribution in [3.63, 3.8) is 0 Å². The van der Waals surface area contributed by atoms with Crippen molar-refractivity contribution in [1.82, 2.24) is 15.0 Å². The molecule has 0 aliphatic carbocycles. The summed E-state index contributed by atoms with van der Waals surface area (Å²) in [6.45, 7) is 7.30. The van der Waals surface area contributed by atoms with Gasteiger partial charge in [-0.1, -0.05) is 6.07 Å². The Hall–Kier alpha value is -5.22. The first kappa shape index (κ1) is 20.4. The first-order chi connectivity index (χ1) is 17.2. The first-order valence-electron chi connectivity index (χ1n) is 11.0. The highest BCUT2D eigenvalue weighted by molar-refractivity contribution is 5.95. The second kappa shape index (κ2) is 8.61. The Morgan fingerprint density at radius 2 is 1.51 bits per heavy atom. The molecule has 6 rings (SSSR count). The number of fused-ring (bicyclic) bond motifs is 2. The zero-order valence-corrected chi connectivity index (χ0v) is 18.4. The molecular formula is C28H18N6O. The SMILES string of the molecule is [C-]#[N+]c1ccc2nccc(Nc3ccc4oc(-c5ccc(Nc6ccncc6)cc5)nc4c3)c2c1. The van der Waals surface area contributed by atoms with E-state index in [-0.39, 0.29) is 0 Å². The minimum atomic E-state index is 0.559. The van der Waals surface area contributed by atoms with Gasteiger partial charge in [0.05, 0.1) is 12.1 Å². The van der Waals surface area contributed by atoms with Gasteiger partial charge in [0.25, 0.3) is 0 Å². The van der Waals surface area contributed by atoms with Crippen LogP contribution in [0.4, 0.5) is 28.4 Å². The van der Waals surface area contributed by atoms with E-state index in [2.05, 4.69) is 25.4 Å². The average Bonchev–Trinajstić information content (AvgIpc) is 3.33. The van der Waals surface area contributed by atoms with Crippen LogP contribution in [-0.4, -0.2) is 15.0 Å². The zero-order chi connectivity index (χ0) is 23.6. The van der Waals surface area contributed by atoms with E-state index in [1.165, 1.54) is 0 Å². The Morgan fingerprint density at radius 3 is 2.34 bits per heavy atom. The Morgan fingerprint density at radius 1 is 0.714 bits per heavy atom. The van der Waals surface area contributed by atoms with Crippen molar-refractivity contribution in [2.75, 3.05) is 10.6 Å². The fraction of sp³-hybridized carbons (Fsp3) is 0. The number of hydrogen-bond acceptors (Lipinski definition) is 6. The van der Waals surface area contributed by atoms with Gasteiger partial charge in [0.1, 0.15) is 5.52 Å². The number of nitrogens with zero attached hydrogens (tertiary/aromatic N) is 4. The maximum atomic E-state index is 7.30. The summed E-state index contributed by atoms with van der Waals surface area (Å²) in [7, 11) is 0. The second-order valence-corrected chi connectivity index (χ2v) is 7.94. The summed E-state index contributed by atoms with van der Waals surface area (Å²) < 4.78 is 6.01. The summed E-state index contributed by atoms with van der Waals surface area (Å²) in [5.74, 6) is 0.559. The molecular weight excluding hydrogens is 436 g/mol. The molecule has 3 aromatic carbocycles. The van der Waals surface area contributed by atoms with E-state index in [0.717, 1.165) is 44.7 Å². The van der Waals surface area contributed by atoms with E-state index in [1.807, 2.05) is 72.8 Å². The van der Waals surface area contributed by atoms with Crippen LogP contribution in [0.5, 0.6) is 0 Å². The average molecular weight is 454 g/mol. The van der Waals surface area contributed by atoms with E-state index < -0.39 is 0 Å². The lowest BCUT2D eigenvalue weighted by molar-refractivity contribution is 0.620. The molecule has 2 N–H and O–H groups in total. The quantitative estimate of drug-likeness (QED) is 0.263. The predicted molar refractivity (Wildman–Crippen MR) is 138 cm³/mol. The standard InChI is InChI=1S/C28H18N6O/c1-29-21-6-8-24-23(16-21)25(12-15-31-24)33-22-7-9-27-26(17-22)34-28(35-27)18-2-4-19(5-3-18)32-20-10-13-30-14-11-20/h2-17H,(H,30,32)(H,31,33). The summed E-state index contributed by atoms with van der Waals surface area (Å²) in [4.78, 5) is 16.7. The molecule has 0 fully saturated rings. The Bertz CT molecular complexity index is 1700. The maximum absolute atomic E-state index is 7.30. The van der Waals surface area contributed by atoms with Gasteiger partial charge >= 0.3 is 0 Å². The van der Waals surface area contributed by atoms with E-state index in [0.29, 0.717) is 17.2 Å². The van der Waals surface area contributed by atoms with Crippen molar-refractivity contribution in [3.05, 3.63) is 109 Å². The molecule has 3 aromatic heterocycles. The molecule has 7 nitrogen and oxygen atoms in total. The molecule has 0 atom stereocenters. The normalized spacial score (nSPS) is 10.8. The van der Waals surface area contributed by atoms with Crippen LogP contribution in [0.3, 0.4) is 0 Å². The summed E-state index contributed by atoms with van der Waals surface area (Å²) in [6.07, 6.45) is 5.25. The van der Waals surface area contributed by atoms with Gasteiger partial charge in [0.2, 0.25) is 5.89 Å². The van der Waals surface area contributed by atoms with Crippen LogP contribution >= 0.6 is 0 Å².